The molecule has 3 fully saturated rings. The van der Waals surface area contributed by atoms with Crippen molar-refractivity contribution >= 4 is 41.1 Å². The molecule has 2 saturated carbocycles. The quantitative estimate of drug-likeness (QED) is 0.661. The second-order valence-corrected chi connectivity index (χ2v) is 11.0. The smallest absolute Gasteiger partial charge is 0.309 e. The van der Waals surface area contributed by atoms with E-state index in [-0.39, 0.29) is 24.4 Å². The zero-order chi connectivity index (χ0) is 20.3. The van der Waals surface area contributed by atoms with Crippen molar-refractivity contribution in [2.75, 3.05) is 30.0 Å². The maximum absolute atomic E-state index is 12.7. The minimum absolute atomic E-state index is 0.0683. The number of anilines is 1. The number of esters is 1. The van der Waals surface area contributed by atoms with Gasteiger partial charge in [0.1, 0.15) is 5.75 Å². The van der Waals surface area contributed by atoms with E-state index in [0.717, 1.165) is 12.8 Å². The molecule has 2 atom stereocenters. The molecular weight excluding hydrogens is 406 g/mol. The summed E-state index contributed by atoms with van der Waals surface area (Å²) in [5, 5.41) is 2.79. The Morgan fingerprint density at radius 2 is 1.83 bits per heavy atom. The van der Waals surface area contributed by atoms with Crippen LogP contribution in [0, 0.1) is 17.8 Å². The lowest BCUT2D eigenvalue weighted by molar-refractivity contribution is -0.154. The van der Waals surface area contributed by atoms with Crippen molar-refractivity contribution in [3.8, 4) is 5.75 Å². The molecule has 5 nitrogen and oxygen atoms in total. The number of carbonyl (C=O) groups is 2. The highest BCUT2D eigenvalue weighted by Crippen LogP contribution is 2.64. The van der Waals surface area contributed by atoms with Crippen LogP contribution in [0.1, 0.15) is 39.0 Å². The lowest BCUT2D eigenvalue weighted by Gasteiger charge is -2.51. The Kier molecular flexibility index (Phi) is 6.64. The number of thioether (sulfide) groups is 2. The summed E-state index contributed by atoms with van der Waals surface area (Å²) in [6.45, 7) is 2.16. The van der Waals surface area contributed by atoms with Crippen LogP contribution in [0.5, 0.6) is 5.75 Å². The molecule has 1 N–H and O–H groups in total. The number of benzene rings is 1. The van der Waals surface area contributed by atoms with Gasteiger partial charge < -0.3 is 14.8 Å². The molecule has 1 amide bonds. The van der Waals surface area contributed by atoms with Gasteiger partial charge in [0, 0.05) is 11.5 Å². The molecule has 7 heteroatoms. The van der Waals surface area contributed by atoms with Crippen molar-refractivity contribution in [1.82, 2.24) is 0 Å². The van der Waals surface area contributed by atoms with Crippen LogP contribution in [-0.2, 0) is 14.3 Å². The van der Waals surface area contributed by atoms with E-state index < -0.39 is 0 Å². The van der Waals surface area contributed by atoms with Crippen molar-refractivity contribution in [3.63, 3.8) is 0 Å². The van der Waals surface area contributed by atoms with Gasteiger partial charge >= 0.3 is 5.97 Å². The molecule has 1 aromatic rings. The van der Waals surface area contributed by atoms with Crippen molar-refractivity contribution in [2.45, 2.75) is 43.1 Å². The average molecular weight is 436 g/mol. The van der Waals surface area contributed by atoms with E-state index in [2.05, 4.69) is 28.8 Å². The summed E-state index contributed by atoms with van der Waals surface area (Å²) in [6, 6.07) is 7.28. The molecule has 29 heavy (non-hydrogen) atoms. The summed E-state index contributed by atoms with van der Waals surface area (Å²) in [7, 11) is 0. The Morgan fingerprint density at radius 1 is 1.14 bits per heavy atom. The lowest BCUT2D eigenvalue weighted by Crippen LogP contribution is -2.48. The van der Waals surface area contributed by atoms with E-state index >= 15 is 0 Å². The number of ether oxygens (including phenoxy) is 2. The largest absolute Gasteiger partial charge is 0.492 e. The van der Waals surface area contributed by atoms with Gasteiger partial charge in [-0.05, 0) is 56.6 Å². The van der Waals surface area contributed by atoms with Gasteiger partial charge in [-0.25, -0.2) is 0 Å². The molecule has 2 aliphatic carbocycles. The third-order valence-corrected chi connectivity index (χ3v) is 10.3. The molecule has 0 aromatic heterocycles. The van der Waals surface area contributed by atoms with Gasteiger partial charge in [-0.15, -0.1) is 23.5 Å². The fraction of sp³-hybridized carbons (Fsp3) is 0.636. The maximum atomic E-state index is 12.7. The second-order valence-electron chi connectivity index (χ2n) is 8.00. The molecule has 4 rings (SSSR count). The topological polar surface area (TPSA) is 64.6 Å². The number of hydrogen-bond acceptors (Lipinski definition) is 6. The molecular formula is C22H29NO4S2. The number of rotatable bonds is 6. The zero-order valence-electron chi connectivity index (χ0n) is 16.9. The van der Waals surface area contributed by atoms with E-state index in [1.54, 1.807) is 12.1 Å². The van der Waals surface area contributed by atoms with Gasteiger partial charge in [-0.2, -0.15) is 0 Å². The summed E-state index contributed by atoms with van der Waals surface area (Å²) < 4.78 is 11.3. The van der Waals surface area contributed by atoms with Gasteiger partial charge in [-0.3, -0.25) is 9.59 Å². The SMILES string of the molecule is CCOc1ccccc1NC(=O)COC(=O)C1CC2CCCC(C1)C21SCCS1. The zero-order valence-corrected chi connectivity index (χ0v) is 18.5. The van der Waals surface area contributed by atoms with Crippen LogP contribution < -0.4 is 10.1 Å². The molecule has 2 unspecified atom stereocenters. The molecule has 3 aliphatic rings. The predicted molar refractivity (Wildman–Crippen MR) is 118 cm³/mol. The van der Waals surface area contributed by atoms with Crippen LogP contribution in [0.4, 0.5) is 5.69 Å². The molecule has 2 bridgehead atoms. The van der Waals surface area contributed by atoms with Crippen molar-refractivity contribution < 1.29 is 19.1 Å². The van der Waals surface area contributed by atoms with Gasteiger partial charge in [-0.1, -0.05) is 18.6 Å². The Balaban J connectivity index is 1.31. The Morgan fingerprint density at radius 3 is 2.52 bits per heavy atom. The number of hydrogen-bond donors (Lipinski definition) is 1. The van der Waals surface area contributed by atoms with E-state index in [0.29, 0.717) is 34.0 Å². The summed E-state index contributed by atoms with van der Waals surface area (Å²) in [5.41, 5.74) is 0.597. The third kappa shape index (κ3) is 4.41. The highest BCUT2D eigenvalue weighted by atomic mass is 32.2. The first-order valence-electron chi connectivity index (χ1n) is 10.6. The van der Waals surface area contributed by atoms with Gasteiger partial charge in [0.2, 0.25) is 0 Å². The fourth-order valence-corrected chi connectivity index (χ4v) is 9.03. The maximum Gasteiger partial charge on any atom is 0.309 e. The number of amides is 1. The first kappa shape index (κ1) is 20.9. The molecule has 1 spiro atoms. The monoisotopic (exact) mass is 435 g/mol. The van der Waals surface area contributed by atoms with Crippen LogP contribution in [-0.4, -0.2) is 40.7 Å². The summed E-state index contributed by atoms with van der Waals surface area (Å²) >= 11 is 4.26. The van der Waals surface area contributed by atoms with E-state index in [1.807, 2.05) is 19.1 Å². The second kappa shape index (κ2) is 9.21. The molecule has 1 heterocycles. The normalized spacial score (nSPS) is 27.4. The van der Waals surface area contributed by atoms with Crippen LogP contribution in [0.2, 0.25) is 0 Å². The Labute approximate surface area is 181 Å². The average Bonchev–Trinajstić information content (AvgIpc) is 3.17. The lowest BCUT2D eigenvalue weighted by atomic mass is 9.67. The summed E-state index contributed by atoms with van der Waals surface area (Å²) in [4.78, 5) is 25.0. The molecule has 0 radical (unpaired) electrons. The molecule has 1 saturated heterocycles. The van der Waals surface area contributed by atoms with Crippen LogP contribution in [0.3, 0.4) is 0 Å². The van der Waals surface area contributed by atoms with E-state index in [1.165, 1.54) is 30.8 Å². The van der Waals surface area contributed by atoms with Crippen molar-refractivity contribution in [1.29, 1.82) is 0 Å². The summed E-state index contributed by atoms with van der Waals surface area (Å²) in [6.07, 6.45) is 5.53. The van der Waals surface area contributed by atoms with Gasteiger partial charge in [0.25, 0.3) is 5.91 Å². The standard InChI is InChI=1S/C22H29NO4S2/c1-2-26-19-9-4-3-8-18(19)23-20(24)14-27-21(25)15-12-16-6-5-7-17(13-15)22(16)28-10-11-29-22/h3-4,8-9,15-17H,2,5-7,10-14H2,1H3,(H,23,24). The third-order valence-electron chi connectivity index (χ3n) is 6.26. The molecule has 1 aliphatic heterocycles. The molecule has 158 valence electrons. The highest BCUT2D eigenvalue weighted by Gasteiger charge is 2.55. The highest BCUT2D eigenvalue weighted by molar-refractivity contribution is 8.21. The molecule has 1 aromatic carbocycles. The van der Waals surface area contributed by atoms with Crippen molar-refractivity contribution in [2.24, 2.45) is 17.8 Å². The first-order chi connectivity index (χ1) is 14.1. The van der Waals surface area contributed by atoms with Gasteiger partial charge in [0.15, 0.2) is 6.61 Å². The van der Waals surface area contributed by atoms with Crippen LogP contribution >= 0.6 is 23.5 Å². The van der Waals surface area contributed by atoms with E-state index in [4.69, 9.17) is 9.47 Å². The Bertz CT molecular complexity index is 734. The first-order valence-corrected chi connectivity index (χ1v) is 12.6. The number of carbonyl (C=O) groups excluding carboxylic acids is 2. The van der Waals surface area contributed by atoms with Crippen LogP contribution in [0.25, 0.3) is 0 Å². The fourth-order valence-electron chi connectivity index (χ4n) is 5.09. The summed E-state index contributed by atoms with van der Waals surface area (Å²) in [5.74, 6) is 3.66. The van der Waals surface area contributed by atoms with Crippen molar-refractivity contribution in [3.05, 3.63) is 24.3 Å². The minimum Gasteiger partial charge on any atom is -0.492 e. The Hall–Kier alpha value is -1.34. The van der Waals surface area contributed by atoms with E-state index in [9.17, 15) is 9.59 Å². The minimum atomic E-state index is -0.333. The van der Waals surface area contributed by atoms with Crippen LogP contribution in [0.15, 0.2) is 24.3 Å². The number of nitrogens with one attached hydrogen (secondary N) is 1. The predicted octanol–water partition coefficient (Wildman–Crippen LogP) is 4.57. The number of para-hydroxylation sites is 2. The van der Waals surface area contributed by atoms with Gasteiger partial charge in [0.05, 0.1) is 22.3 Å².